The summed E-state index contributed by atoms with van der Waals surface area (Å²) < 4.78 is 0. The van der Waals surface area contributed by atoms with Crippen molar-refractivity contribution in [2.45, 2.75) is 50.5 Å². The van der Waals surface area contributed by atoms with Gasteiger partial charge in [0.25, 0.3) is 0 Å². The van der Waals surface area contributed by atoms with Crippen molar-refractivity contribution in [2.75, 3.05) is 0 Å². The molecule has 0 heterocycles. The Bertz CT molecular complexity index is 507. The maximum atomic E-state index is 12.1. The molecule has 1 saturated carbocycles. The monoisotopic (exact) mass is 309 g/mol. The molecule has 0 bridgehead atoms. The molecule has 0 aromatic heterocycles. The second-order valence-corrected chi connectivity index (χ2v) is 6.06. The molecule has 114 valence electrons. The summed E-state index contributed by atoms with van der Waals surface area (Å²) >= 11 is 5.81. The summed E-state index contributed by atoms with van der Waals surface area (Å²) in [5, 5.41) is 12.8. The van der Waals surface area contributed by atoms with Crippen molar-refractivity contribution in [3.05, 3.63) is 34.9 Å². The number of carboxylic acids is 1. The molecule has 1 fully saturated rings. The fraction of sp³-hybridized carbons (Fsp3) is 0.500. The van der Waals surface area contributed by atoms with Crippen molar-refractivity contribution in [1.29, 1.82) is 0 Å². The first-order valence-corrected chi connectivity index (χ1v) is 7.68. The van der Waals surface area contributed by atoms with Crippen molar-refractivity contribution in [3.8, 4) is 0 Å². The molecule has 0 aliphatic heterocycles. The lowest BCUT2D eigenvalue weighted by Gasteiger charge is -2.34. The lowest BCUT2D eigenvalue weighted by Crippen LogP contribution is -2.55. The largest absolute Gasteiger partial charge is 0.480 e. The third-order valence-corrected chi connectivity index (χ3v) is 4.30. The molecule has 1 aliphatic rings. The van der Waals surface area contributed by atoms with Crippen LogP contribution in [0.15, 0.2) is 24.3 Å². The highest BCUT2D eigenvalue weighted by Crippen LogP contribution is 2.28. The quantitative estimate of drug-likeness (QED) is 0.878. The summed E-state index contributed by atoms with van der Waals surface area (Å²) in [4.78, 5) is 23.6. The maximum Gasteiger partial charge on any atom is 0.329 e. The Hall–Kier alpha value is -1.55. The number of aryl methyl sites for hydroxylation is 1. The van der Waals surface area contributed by atoms with Crippen LogP contribution in [0.2, 0.25) is 5.02 Å². The van der Waals surface area contributed by atoms with Crippen LogP contribution >= 0.6 is 11.6 Å². The van der Waals surface area contributed by atoms with Crippen molar-refractivity contribution >= 4 is 23.5 Å². The molecule has 0 unspecified atom stereocenters. The van der Waals surface area contributed by atoms with Crippen LogP contribution in [-0.4, -0.2) is 22.5 Å². The molecule has 1 aromatic rings. The zero-order valence-corrected chi connectivity index (χ0v) is 12.7. The Morgan fingerprint density at radius 1 is 1.14 bits per heavy atom. The van der Waals surface area contributed by atoms with Gasteiger partial charge in [-0.25, -0.2) is 4.79 Å². The van der Waals surface area contributed by atoms with Gasteiger partial charge >= 0.3 is 5.97 Å². The Labute approximate surface area is 129 Å². The number of benzene rings is 1. The van der Waals surface area contributed by atoms with Gasteiger partial charge in [-0.05, 0) is 37.0 Å². The summed E-state index contributed by atoms with van der Waals surface area (Å²) in [6.45, 7) is 0. The van der Waals surface area contributed by atoms with E-state index in [1.165, 1.54) is 0 Å². The number of aliphatic carboxylic acids is 1. The molecular weight excluding hydrogens is 290 g/mol. The second-order valence-electron chi connectivity index (χ2n) is 5.62. The first-order chi connectivity index (χ1) is 10.0. The van der Waals surface area contributed by atoms with Crippen LogP contribution < -0.4 is 5.32 Å². The number of amides is 1. The molecule has 0 atom stereocenters. The molecule has 1 aromatic carbocycles. The van der Waals surface area contributed by atoms with Gasteiger partial charge in [0.15, 0.2) is 0 Å². The van der Waals surface area contributed by atoms with Crippen LogP contribution in [0.3, 0.4) is 0 Å². The number of halogens is 1. The van der Waals surface area contributed by atoms with E-state index in [0.29, 0.717) is 24.3 Å². The number of carbonyl (C=O) groups excluding carboxylic acids is 1. The van der Waals surface area contributed by atoms with E-state index in [4.69, 9.17) is 11.6 Å². The number of hydrogen-bond acceptors (Lipinski definition) is 2. The zero-order chi connectivity index (χ0) is 15.3. The average molecular weight is 310 g/mol. The van der Waals surface area contributed by atoms with Gasteiger partial charge in [-0.1, -0.05) is 43.0 Å². The van der Waals surface area contributed by atoms with E-state index in [0.717, 1.165) is 24.8 Å². The van der Waals surface area contributed by atoms with E-state index in [1.807, 2.05) is 12.1 Å². The molecule has 0 radical (unpaired) electrons. The average Bonchev–Trinajstić information content (AvgIpc) is 2.47. The number of hydrogen-bond donors (Lipinski definition) is 2. The number of rotatable bonds is 5. The Morgan fingerprint density at radius 2 is 1.76 bits per heavy atom. The summed E-state index contributed by atoms with van der Waals surface area (Å²) in [7, 11) is 0. The number of nitrogens with one attached hydrogen (secondary N) is 1. The fourth-order valence-electron chi connectivity index (χ4n) is 2.79. The van der Waals surface area contributed by atoms with E-state index in [2.05, 4.69) is 5.32 Å². The molecule has 2 rings (SSSR count). The Balaban J connectivity index is 1.90. The van der Waals surface area contributed by atoms with Gasteiger partial charge in [0.1, 0.15) is 5.54 Å². The van der Waals surface area contributed by atoms with Crippen LogP contribution in [0.5, 0.6) is 0 Å². The molecule has 5 heteroatoms. The normalized spacial score (nSPS) is 17.2. The maximum absolute atomic E-state index is 12.1. The SMILES string of the molecule is O=C(CCc1ccc(Cl)cc1)NC1(C(=O)O)CCCCC1. The summed E-state index contributed by atoms with van der Waals surface area (Å²) in [5.41, 5.74) is -0.0439. The molecule has 1 amide bonds. The molecule has 21 heavy (non-hydrogen) atoms. The molecule has 4 nitrogen and oxygen atoms in total. The predicted octanol–water partition coefficient (Wildman–Crippen LogP) is 3.18. The molecule has 0 spiro atoms. The van der Waals surface area contributed by atoms with E-state index >= 15 is 0 Å². The third kappa shape index (κ3) is 4.21. The van der Waals surface area contributed by atoms with Crippen molar-refractivity contribution < 1.29 is 14.7 Å². The van der Waals surface area contributed by atoms with E-state index in [-0.39, 0.29) is 12.3 Å². The van der Waals surface area contributed by atoms with Gasteiger partial charge in [0.2, 0.25) is 5.91 Å². The lowest BCUT2D eigenvalue weighted by molar-refractivity contribution is -0.149. The van der Waals surface area contributed by atoms with E-state index in [9.17, 15) is 14.7 Å². The minimum absolute atomic E-state index is 0.200. The highest BCUT2D eigenvalue weighted by Gasteiger charge is 2.40. The van der Waals surface area contributed by atoms with Gasteiger partial charge in [-0.2, -0.15) is 0 Å². The van der Waals surface area contributed by atoms with Crippen molar-refractivity contribution in [1.82, 2.24) is 5.32 Å². The standard InChI is InChI=1S/C16H20ClNO3/c17-13-7-4-12(5-8-13)6-9-14(19)18-16(15(20)21)10-2-1-3-11-16/h4-5,7-8H,1-3,6,9-11H2,(H,18,19)(H,20,21). The van der Waals surface area contributed by atoms with Gasteiger partial charge in [0, 0.05) is 11.4 Å². The summed E-state index contributed by atoms with van der Waals surface area (Å²) in [5.74, 6) is -1.11. The zero-order valence-electron chi connectivity index (χ0n) is 11.9. The van der Waals surface area contributed by atoms with Gasteiger partial charge in [0.05, 0.1) is 0 Å². The minimum atomic E-state index is -1.06. The minimum Gasteiger partial charge on any atom is -0.480 e. The Kier molecular flexibility index (Phi) is 5.23. The van der Waals surface area contributed by atoms with Crippen LogP contribution in [0.25, 0.3) is 0 Å². The van der Waals surface area contributed by atoms with Gasteiger partial charge in [-0.15, -0.1) is 0 Å². The first-order valence-electron chi connectivity index (χ1n) is 7.31. The molecule has 0 saturated heterocycles. The fourth-order valence-corrected chi connectivity index (χ4v) is 2.91. The van der Waals surface area contributed by atoms with E-state index < -0.39 is 11.5 Å². The smallest absolute Gasteiger partial charge is 0.329 e. The topological polar surface area (TPSA) is 66.4 Å². The van der Waals surface area contributed by atoms with Gasteiger partial charge < -0.3 is 10.4 Å². The predicted molar refractivity (Wildman–Crippen MR) is 81.4 cm³/mol. The summed E-state index contributed by atoms with van der Waals surface area (Å²) in [6.07, 6.45) is 4.66. The second kappa shape index (κ2) is 6.94. The highest BCUT2D eigenvalue weighted by atomic mass is 35.5. The number of carboxylic acid groups (broad SMARTS) is 1. The van der Waals surface area contributed by atoms with Gasteiger partial charge in [-0.3, -0.25) is 4.79 Å². The van der Waals surface area contributed by atoms with Crippen LogP contribution in [0, 0.1) is 0 Å². The number of carbonyl (C=O) groups is 2. The molecular formula is C16H20ClNO3. The van der Waals surface area contributed by atoms with Crippen LogP contribution in [0.1, 0.15) is 44.1 Å². The summed E-state index contributed by atoms with van der Waals surface area (Å²) in [6, 6.07) is 7.33. The third-order valence-electron chi connectivity index (χ3n) is 4.05. The molecule has 1 aliphatic carbocycles. The lowest BCUT2D eigenvalue weighted by atomic mass is 9.81. The van der Waals surface area contributed by atoms with E-state index in [1.54, 1.807) is 12.1 Å². The first kappa shape index (κ1) is 15.8. The van der Waals surface area contributed by atoms with Crippen LogP contribution in [0.4, 0.5) is 0 Å². The van der Waals surface area contributed by atoms with Crippen LogP contribution in [-0.2, 0) is 16.0 Å². The molecule has 2 N–H and O–H groups in total. The van der Waals surface area contributed by atoms with Crippen molar-refractivity contribution in [3.63, 3.8) is 0 Å². The van der Waals surface area contributed by atoms with Crippen molar-refractivity contribution in [2.24, 2.45) is 0 Å². The highest BCUT2D eigenvalue weighted by molar-refractivity contribution is 6.30. The Morgan fingerprint density at radius 3 is 2.33 bits per heavy atom.